The summed E-state index contributed by atoms with van der Waals surface area (Å²) in [4.78, 5) is 24.8. The van der Waals surface area contributed by atoms with E-state index < -0.39 is 5.91 Å². The van der Waals surface area contributed by atoms with Gasteiger partial charge in [-0.15, -0.1) is 0 Å². The number of primary amides is 1. The van der Waals surface area contributed by atoms with Crippen LogP contribution in [0.2, 0.25) is 0 Å². The average molecular weight is 277 g/mol. The third-order valence-corrected chi connectivity index (χ3v) is 3.04. The highest BCUT2D eigenvalue weighted by molar-refractivity contribution is 5.78. The van der Waals surface area contributed by atoms with Crippen LogP contribution >= 0.6 is 0 Å². The molecule has 1 rings (SSSR count). The van der Waals surface area contributed by atoms with E-state index >= 15 is 0 Å². The summed E-state index contributed by atoms with van der Waals surface area (Å²) in [6.07, 6.45) is 2.26. The predicted molar refractivity (Wildman–Crippen MR) is 78.6 cm³/mol. The topological polar surface area (TPSA) is 89.4 Å². The van der Waals surface area contributed by atoms with Crippen molar-refractivity contribution in [1.29, 1.82) is 0 Å². The molecule has 110 valence electrons. The van der Waals surface area contributed by atoms with E-state index in [-0.39, 0.29) is 12.3 Å². The third kappa shape index (κ3) is 6.33. The summed E-state index contributed by atoms with van der Waals surface area (Å²) in [6.45, 7) is 1.47. The molecule has 0 atom stereocenters. The van der Waals surface area contributed by atoms with Gasteiger partial charge in [0.15, 0.2) is 0 Å². The highest BCUT2D eigenvalue weighted by Gasteiger charge is 2.14. The molecule has 0 aliphatic rings. The Bertz CT molecular complexity index is 420. The summed E-state index contributed by atoms with van der Waals surface area (Å²) in [7, 11) is 0. The summed E-state index contributed by atoms with van der Waals surface area (Å²) in [5, 5.41) is 0. The predicted octanol–water partition coefficient (Wildman–Crippen LogP) is 1.02. The van der Waals surface area contributed by atoms with Crippen molar-refractivity contribution in [3.8, 4) is 0 Å². The van der Waals surface area contributed by atoms with Crippen molar-refractivity contribution in [2.75, 3.05) is 13.1 Å². The van der Waals surface area contributed by atoms with Gasteiger partial charge in [0.25, 0.3) is 0 Å². The van der Waals surface area contributed by atoms with Crippen LogP contribution in [0, 0.1) is 0 Å². The molecule has 0 fully saturated rings. The monoisotopic (exact) mass is 277 g/mol. The second-order valence-electron chi connectivity index (χ2n) is 4.76. The van der Waals surface area contributed by atoms with E-state index in [1.54, 1.807) is 4.90 Å². The molecular formula is C15H23N3O2. The molecule has 4 N–H and O–H groups in total. The molecule has 0 unspecified atom stereocenters. The molecule has 20 heavy (non-hydrogen) atoms. The number of amides is 2. The van der Waals surface area contributed by atoms with Crippen LogP contribution in [0.5, 0.6) is 0 Å². The average Bonchev–Trinajstić information content (AvgIpc) is 2.44. The van der Waals surface area contributed by atoms with Crippen LogP contribution in [-0.2, 0) is 16.1 Å². The maximum Gasteiger partial charge on any atom is 0.222 e. The number of hydrogen-bond acceptors (Lipinski definition) is 3. The van der Waals surface area contributed by atoms with Gasteiger partial charge in [-0.3, -0.25) is 9.59 Å². The number of carbonyl (C=O) groups is 2. The fourth-order valence-electron chi connectivity index (χ4n) is 1.92. The lowest BCUT2D eigenvalue weighted by Crippen LogP contribution is -2.33. The van der Waals surface area contributed by atoms with Gasteiger partial charge in [0.2, 0.25) is 11.8 Å². The van der Waals surface area contributed by atoms with Crippen molar-refractivity contribution in [3.63, 3.8) is 0 Å². The van der Waals surface area contributed by atoms with Crippen molar-refractivity contribution in [2.24, 2.45) is 11.5 Å². The number of unbranched alkanes of at least 4 members (excludes halogenated alkanes) is 1. The second-order valence-corrected chi connectivity index (χ2v) is 4.76. The first-order valence-corrected chi connectivity index (χ1v) is 6.93. The maximum atomic E-state index is 12.2. The van der Waals surface area contributed by atoms with Crippen LogP contribution in [-0.4, -0.2) is 29.8 Å². The third-order valence-electron chi connectivity index (χ3n) is 3.04. The van der Waals surface area contributed by atoms with E-state index in [4.69, 9.17) is 11.5 Å². The molecule has 0 saturated heterocycles. The minimum atomic E-state index is -0.391. The number of rotatable bonds is 9. The van der Waals surface area contributed by atoms with Gasteiger partial charge in [-0.2, -0.15) is 0 Å². The van der Waals surface area contributed by atoms with Crippen LogP contribution in [0.3, 0.4) is 0 Å². The van der Waals surface area contributed by atoms with Gasteiger partial charge in [0.05, 0.1) is 0 Å². The van der Waals surface area contributed by atoms with Crippen LogP contribution < -0.4 is 11.5 Å². The zero-order valence-corrected chi connectivity index (χ0v) is 11.8. The zero-order valence-electron chi connectivity index (χ0n) is 11.8. The van der Waals surface area contributed by atoms with Crippen LogP contribution in [0.1, 0.15) is 31.2 Å². The minimum absolute atomic E-state index is 0.0450. The number of benzene rings is 1. The van der Waals surface area contributed by atoms with E-state index in [9.17, 15) is 9.59 Å². The molecule has 0 radical (unpaired) electrons. The molecule has 0 saturated carbocycles. The molecule has 0 heterocycles. The van der Waals surface area contributed by atoms with Crippen molar-refractivity contribution in [1.82, 2.24) is 4.90 Å². The Morgan fingerprint density at radius 1 is 1.05 bits per heavy atom. The van der Waals surface area contributed by atoms with Crippen molar-refractivity contribution >= 4 is 11.8 Å². The number of carbonyl (C=O) groups excluding carboxylic acids is 2. The molecule has 5 nitrogen and oxygen atoms in total. The van der Waals surface area contributed by atoms with Crippen LogP contribution in [0.25, 0.3) is 0 Å². The van der Waals surface area contributed by atoms with E-state index in [2.05, 4.69) is 0 Å². The number of nitrogens with two attached hydrogens (primary N) is 2. The fraction of sp³-hybridized carbons (Fsp3) is 0.467. The zero-order chi connectivity index (χ0) is 14.8. The van der Waals surface area contributed by atoms with E-state index in [0.717, 1.165) is 18.4 Å². The van der Waals surface area contributed by atoms with Crippen molar-refractivity contribution in [3.05, 3.63) is 35.9 Å². The van der Waals surface area contributed by atoms with Crippen LogP contribution in [0.4, 0.5) is 0 Å². The highest BCUT2D eigenvalue weighted by atomic mass is 16.2. The molecule has 0 spiro atoms. The molecule has 0 aliphatic carbocycles. The summed E-state index contributed by atoms with van der Waals surface area (Å²) >= 11 is 0. The fourth-order valence-corrected chi connectivity index (χ4v) is 1.92. The molecular weight excluding hydrogens is 254 g/mol. The molecule has 0 aromatic heterocycles. The smallest absolute Gasteiger partial charge is 0.222 e. The standard InChI is InChI=1S/C15H23N3O2/c16-10-5-4-8-15(20)18(11-9-14(17)19)12-13-6-2-1-3-7-13/h1-3,6-7H,4-5,8-12,16H2,(H2,17,19). The quantitative estimate of drug-likeness (QED) is 0.660. The highest BCUT2D eigenvalue weighted by Crippen LogP contribution is 2.08. The van der Waals surface area contributed by atoms with Gasteiger partial charge >= 0.3 is 0 Å². The van der Waals surface area contributed by atoms with E-state index in [1.807, 2.05) is 30.3 Å². The van der Waals surface area contributed by atoms with Crippen molar-refractivity contribution < 1.29 is 9.59 Å². The molecule has 1 aromatic carbocycles. The van der Waals surface area contributed by atoms with Gasteiger partial charge in [0.1, 0.15) is 0 Å². The summed E-state index contributed by atoms with van der Waals surface area (Å²) in [5.41, 5.74) is 11.6. The Kier molecular flexibility index (Phi) is 7.35. The molecule has 0 bridgehead atoms. The lowest BCUT2D eigenvalue weighted by molar-refractivity contribution is -0.132. The Morgan fingerprint density at radius 3 is 2.35 bits per heavy atom. The number of hydrogen-bond donors (Lipinski definition) is 2. The lowest BCUT2D eigenvalue weighted by Gasteiger charge is -2.22. The lowest BCUT2D eigenvalue weighted by atomic mass is 10.1. The van der Waals surface area contributed by atoms with E-state index in [1.165, 1.54) is 0 Å². The van der Waals surface area contributed by atoms with Crippen LogP contribution in [0.15, 0.2) is 30.3 Å². The Labute approximate surface area is 119 Å². The SMILES string of the molecule is NCCCCC(=O)N(CCC(N)=O)Cc1ccccc1. The van der Waals surface area contributed by atoms with Crippen molar-refractivity contribution in [2.45, 2.75) is 32.2 Å². The first-order chi connectivity index (χ1) is 9.63. The first kappa shape index (κ1) is 16.2. The Hall–Kier alpha value is -1.88. The van der Waals surface area contributed by atoms with Gasteiger partial charge in [-0.1, -0.05) is 30.3 Å². The number of nitrogens with zero attached hydrogens (tertiary/aromatic N) is 1. The van der Waals surface area contributed by atoms with E-state index in [0.29, 0.717) is 26.1 Å². The van der Waals surface area contributed by atoms with Gasteiger partial charge in [0, 0.05) is 25.9 Å². The van der Waals surface area contributed by atoms with Gasteiger partial charge in [-0.25, -0.2) is 0 Å². The molecule has 1 aromatic rings. The Balaban J connectivity index is 2.59. The van der Waals surface area contributed by atoms with Gasteiger partial charge in [-0.05, 0) is 24.9 Å². The summed E-state index contributed by atoms with van der Waals surface area (Å²) in [5.74, 6) is -0.346. The minimum Gasteiger partial charge on any atom is -0.370 e. The Morgan fingerprint density at radius 2 is 1.75 bits per heavy atom. The summed E-state index contributed by atoms with van der Waals surface area (Å²) in [6, 6.07) is 9.72. The normalized spacial score (nSPS) is 10.2. The molecule has 0 aliphatic heterocycles. The maximum absolute atomic E-state index is 12.2. The second kappa shape index (κ2) is 9.09. The summed E-state index contributed by atoms with van der Waals surface area (Å²) < 4.78 is 0. The molecule has 2 amide bonds. The van der Waals surface area contributed by atoms with Gasteiger partial charge < -0.3 is 16.4 Å². The first-order valence-electron chi connectivity index (χ1n) is 6.93. The largest absolute Gasteiger partial charge is 0.370 e. The molecule has 5 heteroatoms.